The third-order valence-corrected chi connectivity index (χ3v) is 3.60. The van der Waals surface area contributed by atoms with Crippen LogP contribution in [0.1, 0.15) is 45.4 Å². The SMILES string of the molecule is CC12CCCCNC1CCCC(=O)N2. The first-order chi connectivity index (χ1) is 6.71. The Labute approximate surface area is 85.6 Å². The number of amides is 1. The molecule has 2 fully saturated rings. The molecule has 3 nitrogen and oxygen atoms in total. The predicted molar refractivity (Wildman–Crippen MR) is 56.0 cm³/mol. The van der Waals surface area contributed by atoms with Gasteiger partial charge in [-0.2, -0.15) is 0 Å². The minimum absolute atomic E-state index is 0.00405. The van der Waals surface area contributed by atoms with Crippen molar-refractivity contribution in [1.82, 2.24) is 10.6 Å². The molecule has 14 heavy (non-hydrogen) atoms. The number of rotatable bonds is 0. The third kappa shape index (κ3) is 1.92. The first-order valence-electron chi connectivity index (χ1n) is 5.75. The maximum Gasteiger partial charge on any atom is 0.220 e. The zero-order valence-electron chi connectivity index (χ0n) is 8.94. The zero-order valence-corrected chi connectivity index (χ0v) is 8.94. The highest BCUT2D eigenvalue weighted by Crippen LogP contribution is 2.27. The molecule has 0 bridgehead atoms. The number of carbonyl (C=O) groups is 1. The van der Waals surface area contributed by atoms with Crippen molar-refractivity contribution in [2.75, 3.05) is 6.54 Å². The van der Waals surface area contributed by atoms with E-state index in [1.807, 2.05) is 0 Å². The maximum absolute atomic E-state index is 11.5. The highest BCUT2D eigenvalue weighted by Gasteiger charge is 2.37. The van der Waals surface area contributed by atoms with E-state index < -0.39 is 0 Å². The van der Waals surface area contributed by atoms with Crippen LogP contribution in [0.3, 0.4) is 0 Å². The maximum atomic E-state index is 11.5. The van der Waals surface area contributed by atoms with E-state index in [1.54, 1.807) is 0 Å². The molecular formula is C11H20N2O. The van der Waals surface area contributed by atoms with E-state index in [0.717, 1.165) is 25.8 Å². The quantitative estimate of drug-likeness (QED) is 0.611. The summed E-state index contributed by atoms with van der Waals surface area (Å²) in [6, 6.07) is 0.483. The minimum atomic E-state index is 0.00405. The van der Waals surface area contributed by atoms with E-state index in [2.05, 4.69) is 17.6 Å². The van der Waals surface area contributed by atoms with Gasteiger partial charge in [-0.3, -0.25) is 4.79 Å². The van der Waals surface area contributed by atoms with Crippen molar-refractivity contribution in [3.63, 3.8) is 0 Å². The smallest absolute Gasteiger partial charge is 0.220 e. The number of fused-ring (bicyclic) bond motifs is 1. The van der Waals surface area contributed by atoms with Crippen molar-refractivity contribution in [2.24, 2.45) is 0 Å². The van der Waals surface area contributed by atoms with Crippen LogP contribution in [0, 0.1) is 0 Å². The fourth-order valence-corrected chi connectivity index (χ4v) is 2.71. The molecule has 80 valence electrons. The fourth-order valence-electron chi connectivity index (χ4n) is 2.71. The lowest BCUT2D eigenvalue weighted by molar-refractivity contribution is -0.122. The lowest BCUT2D eigenvalue weighted by Gasteiger charge is -2.35. The van der Waals surface area contributed by atoms with Gasteiger partial charge in [-0.15, -0.1) is 0 Å². The van der Waals surface area contributed by atoms with Crippen molar-refractivity contribution in [1.29, 1.82) is 0 Å². The van der Waals surface area contributed by atoms with Crippen LogP contribution in [0.15, 0.2) is 0 Å². The molecule has 0 saturated carbocycles. The van der Waals surface area contributed by atoms with Crippen LogP contribution in [0.5, 0.6) is 0 Å². The summed E-state index contributed by atoms with van der Waals surface area (Å²) in [4.78, 5) is 11.5. The topological polar surface area (TPSA) is 41.1 Å². The number of hydrogen-bond acceptors (Lipinski definition) is 2. The molecular weight excluding hydrogens is 176 g/mol. The van der Waals surface area contributed by atoms with Gasteiger partial charge in [0.25, 0.3) is 0 Å². The molecule has 0 aromatic carbocycles. The van der Waals surface area contributed by atoms with E-state index in [4.69, 9.17) is 0 Å². The molecule has 3 heteroatoms. The molecule has 1 amide bonds. The molecule has 2 heterocycles. The van der Waals surface area contributed by atoms with Crippen molar-refractivity contribution in [3.8, 4) is 0 Å². The summed E-state index contributed by atoms with van der Waals surface area (Å²) in [7, 11) is 0. The van der Waals surface area contributed by atoms with Crippen LogP contribution >= 0.6 is 0 Å². The second-order valence-corrected chi connectivity index (χ2v) is 4.82. The van der Waals surface area contributed by atoms with Crippen LogP contribution in [-0.2, 0) is 4.79 Å². The zero-order chi connectivity index (χ0) is 10.0. The largest absolute Gasteiger partial charge is 0.349 e. The predicted octanol–water partition coefficient (Wildman–Crippen LogP) is 1.19. The summed E-state index contributed by atoms with van der Waals surface area (Å²) >= 11 is 0. The van der Waals surface area contributed by atoms with Gasteiger partial charge in [-0.05, 0) is 45.6 Å². The Morgan fingerprint density at radius 1 is 1.36 bits per heavy atom. The van der Waals surface area contributed by atoms with Gasteiger partial charge in [0.1, 0.15) is 0 Å². The van der Waals surface area contributed by atoms with Crippen molar-refractivity contribution < 1.29 is 4.79 Å². The Hall–Kier alpha value is -0.570. The molecule has 2 N–H and O–H groups in total. The Bertz CT molecular complexity index is 229. The molecule has 0 aromatic rings. The summed E-state index contributed by atoms with van der Waals surface area (Å²) in [6.07, 6.45) is 6.45. The molecule has 2 unspecified atom stereocenters. The highest BCUT2D eigenvalue weighted by molar-refractivity contribution is 5.77. The molecule has 2 aliphatic rings. The average molecular weight is 196 g/mol. The van der Waals surface area contributed by atoms with Gasteiger partial charge in [0.2, 0.25) is 5.91 Å². The van der Waals surface area contributed by atoms with Gasteiger partial charge in [0.15, 0.2) is 0 Å². The molecule has 0 aliphatic carbocycles. The van der Waals surface area contributed by atoms with Crippen LogP contribution < -0.4 is 10.6 Å². The monoisotopic (exact) mass is 196 g/mol. The molecule has 0 spiro atoms. The fraction of sp³-hybridized carbons (Fsp3) is 0.909. The molecule has 2 saturated heterocycles. The molecule has 2 aliphatic heterocycles. The summed E-state index contributed by atoms with van der Waals surface area (Å²) in [6.45, 7) is 3.30. The van der Waals surface area contributed by atoms with Crippen molar-refractivity contribution in [3.05, 3.63) is 0 Å². The van der Waals surface area contributed by atoms with Gasteiger partial charge >= 0.3 is 0 Å². The Morgan fingerprint density at radius 2 is 2.21 bits per heavy atom. The van der Waals surface area contributed by atoms with Crippen LogP contribution in [-0.4, -0.2) is 24.0 Å². The normalized spacial score (nSPS) is 39.2. The molecule has 0 radical (unpaired) electrons. The highest BCUT2D eigenvalue weighted by atomic mass is 16.1. The summed E-state index contributed by atoms with van der Waals surface area (Å²) < 4.78 is 0. The van der Waals surface area contributed by atoms with Crippen LogP contribution in [0.2, 0.25) is 0 Å². The molecule has 2 atom stereocenters. The van der Waals surface area contributed by atoms with Gasteiger partial charge < -0.3 is 10.6 Å². The average Bonchev–Trinajstić information content (AvgIpc) is 2.35. The number of carbonyl (C=O) groups excluding carboxylic acids is 1. The summed E-state index contributed by atoms with van der Waals surface area (Å²) in [5.41, 5.74) is 0.00405. The third-order valence-electron chi connectivity index (χ3n) is 3.60. The Kier molecular flexibility index (Phi) is 2.77. The van der Waals surface area contributed by atoms with Crippen molar-refractivity contribution >= 4 is 5.91 Å². The molecule has 2 rings (SSSR count). The lowest BCUT2D eigenvalue weighted by Crippen LogP contribution is -2.57. The second kappa shape index (κ2) is 3.89. The van der Waals surface area contributed by atoms with Gasteiger partial charge in [0.05, 0.1) is 5.54 Å². The first-order valence-corrected chi connectivity index (χ1v) is 5.75. The van der Waals surface area contributed by atoms with Gasteiger partial charge in [0, 0.05) is 12.5 Å². The van der Waals surface area contributed by atoms with Gasteiger partial charge in [-0.25, -0.2) is 0 Å². The minimum Gasteiger partial charge on any atom is -0.349 e. The van der Waals surface area contributed by atoms with Crippen molar-refractivity contribution in [2.45, 2.75) is 57.0 Å². The summed E-state index contributed by atoms with van der Waals surface area (Å²) in [5.74, 6) is 0.235. The van der Waals surface area contributed by atoms with E-state index in [0.29, 0.717) is 12.5 Å². The number of nitrogens with one attached hydrogen (secondary N) is 2. The van der Waals surface area contributed by atoms with E-state index >= 15 is 0 Å². The van der Waals surface area contributed by atoms with E-state index in [1.165, 1.54) is 12.8 Å². The van der Waals surface area contributed by atoms with E-state index in [-0.39, 0.29) is 11.4 Å². The summed E-state index contributed by atoms with van der Waals surface area (Å²) in [5, 5.41) is 6.77. The Morgan fingerprint density at radius 3 is 3.07 bits per heavy atom. The first kappa shape index (κ1) is 9.97. The lowest BCUT2D eigenvalue weighted by atomic mass is 9.86. The van der Waals surface area contributed by atoms with E-state index in [9.17, 15) is 4.79 Å². The second-order valence-electron chi connectivity index (χ2n) is 4.82. The van der Waals surface area contributed by atoms with Crippen LogP contribution in [0.25, 0.3) is 0 Å². The number of hydrogen-bond donors (Lipinski definition) is 2. The Balaban J connectivity index is 2.15. The molecule has 0 aromatic heterocycles. The van der Waals surface area contributed by atoms with Crippen LogP contribution in [0.4, 0.5) is 0 Å². The van der Waals surface area contributed by atoms with Gasteiger partial charge in [-0.1, -0.05) is 0 Å². The standard InChI is InChI=1S/C11H20N2O/c1-11-7-2-3-8-12-9(11)5-4-6-10(14)13-11/h9,12H,2-8H2,1H3,(H,13,14).